The number of halogens is 1. The molecule has 1 atom stereocenters. The Bertz CT molecular complexity index is 640. The van der Waals surface area contributed by atoms with Gasteiger partial charge in [0.05, 0.1) is 12.6 Å². The van der Waals surface area contributed by atoms with Crippen LogP contribution in [0.15, 0.2) is 41.1 Å². The molecule has 0 spiro atoms. The lowest BCUT2D eigenvalue weighted by atomic mass is 10.1. The Morgan fingerprint density at radius 3 is 3.24 bits per heavy atom. The van der Waals surface area contributed by atoms with E-state index < -0.39 is 0 Å². The number of benzene rings is 1. The fourth-order valence-corrected chi connectivity index (χ4v) is 2.99. The van der Waals surface area contributed by atoms with E-state index in [2.05, 4.69) is 36.1 Å². The van der Waals surface area contributed by atoms with Gasteiger partial charge in [-0.05, 0) is 31.0 Å². The molecule has 1 unspecified atom stereocenters. The normalized spacial score (nSPS) is 17.3. The van der Waals surface area contributed by atoms with Crippen LogP contribution in [0.25, 0.3) is 0 Å². The molecule has 0 aliphatic carbocycles. The molecule has 6 heteroatoms. The van der Waals surface area contributed by atoms with E-state index in [-0.39, 0.29) is 18.5 Å². The number of hydrogen-bond donors (Lipinski definition) is 2. The number of anilines is 1. The van der Waals surface area contributed by atoms with Crippen LogP contribution in [0.4, 0.5) is 5.69 Å². The fourth-order valence-electron chi connectivity index (χ4n) is 2.60. The summed E-state index contributed by atoms with van der Waals surface area (Å²) in [6.45, 7) is 1.29. The van der Waals surface area contributed by atoms with Crippen molar-refractivity contribution in [3.63, 3.8) is 0 Å². The van der Waals surface area contributed by atoms with Crippen LogP contribution in [-0.2, 0) is 11.3 Å². The van der Waals surface area contributed by atoms with Gasteiger partial charge in [0, 0.05) is 29.1 Å². The van der Waals surface area contributed by atoms with Crippen molar-refractivity contribution >= 4 is 27.5 Å². The highest BCUT2D eigenvalue weighted by molar-refractivity contribution is 9.10. The van der Waals surface area contributed by atoms with Crippen LogP contribution in [0.5, 0.6) is 0 Å². The molecule has 110 valence electrons. The molecule has 0 fully saturated rings. The van der Waals surface area contributed by atoms with Crippen LogP contribution >= 0.6 is 15.9 Å². The molecule has 5 nitrogen and oxygen atoms in total. The van der Waals surface area contributed by atoms with Gasteiger partial charge in [-0.3, -0.25) is 10.1 Å². The predicted molar refractivity (Wildman–Crippen MR) is 85.0 cm³/mol. The summed E-state index contributed by atoms with van der Waals surface area (Å²) in [5, 5.41) is 6.17. The van der Waals surface area contributed by atoms with Gasteiger partial charge in [-0.1, -0.05) is 22.0 Å². The monoisotopic (exact) mass is 348 g/mol. The van der Waals surface area contributed by atoms with E-state index in [1.54, 1.807) is 0 Å². The second-order valence-corrected chi connectivity index (χ2v) is 6.03. The number of carbonyl (C=O) groups excluding carboxylic acids is 1. The van der Waals surface area contributed by atoms with Crippen LogP contribution in [0.3, 0.4) is 0 Å². The van der Waals surface area contributed by atoms with Crippen molar-refractivity contribution < 1.29 is 4.79 Å². The molecule has 0 saturated heterocycles. The first-order chi connectivity index (χ1) is 10.2. The van der Waals surface area contributed by atoms with E-state index in [0.717, 1.165) is 35.4 Å². The van der Waals surface area contributed by atoms with Gasteiger partial charge in [-0.15, -0.1) is 0 Å². The second-order valence-electron chi connectivity index (χ2n) is 5.11. The van der Waals surface area contributed by atoms with Gasteiger partial charge in [-0.2, -0.15) is 0 Å². The number of fused-ring (bicyclic) bond motifs is 1. The fraction of sp³-hybridized carbons (Fsp3) is 0.333. The molecular weight excluding hydrogens is 332 g/mol. The molecule has 1 aliphatic rings. The molecule has 1 aromatic heterocycles. The standard InChI is InChI=1S/C15H17BrN4O/c16-11-3-1-4-12(9-11)19-14(21)10-18-13-5-2-7-20-8-6-17-15(13)20/h1,3-4,6,8-9,13,18H,2,5,7,10H2,(H,19,21). The first kappa shape index (κ1) is 14.3. The highest BCUT2D eigenvalue weighted by Gasteiger charge is 2.21. The zero-order chi connectivity index (χ0) is 14.7. The average molecular weight is 349 g/mol. The quantitative estimate of drug-likeness (QED) is 0.892. The van der Waals surface area contributed by atoms with Crippen LogP contribution < -0.4 is 10.6 Å². The molecule has 2 N–H and O–H groups in total. The van der Waals surface area contributed by atoms with Crippen LogP contribution in [0.1, 0.15) is 24.7 Å². The zero-order valence-electron chi connectivity index (χ0n) is 11.6. The van der Waals surface area contributed by atoms with Gasteiger partial charge < -0.3 is 9.88 Å². The number of carbonyl (C=O) groups is 1. The van der Waals surface area contributed by atoms with E-state index in [1.807, 2.05) is 36.7 Å². The average Bonchev–Trinajstić information content (AvgIpc) is 2.94. The number of imidazole rings is 1. The van der Waals surface area contributed by atoms with Gasteiger partial charge in [0.2, 0.25) is 5.91 Å². The van der Waals surface area contributed by atoms with Crippen molar-refractivity contribution in [3.05, 3.63) is 47.0 Å². The number of nitrogens with zero attached hydrogens (tertiary/aromatic N) is 2. The third-order valence-corrected chi connectivity index (χ3v) is 4.06. The Balaban J connectivity index is 1.55. The molecule has 2 aromatic rings. The van der Waals surface area contributed by atoms with Crippen LogP contribution in [0.2, 0.25) is 0 Å². The zero-order valence-corrected chi connectivity index (χ0v) is 13.1. The maximum Gasteiger partial charge on any atom is 0.238 e. The summed E-state index contributed by atoms with van der Waals surface area (Å²) in [6, 6.07) is 7.73. The van der Waals surface area contributed by atoms with Gasteiger partial charge in [0.15, 0.2) is 0 Å². The Hall–Kier alpha value is -1.66. The van der Waals surface area contributed by atoms with Crippen molar-refractivity contribution in [1.29, 1.82) is 0 Å². The number of nitrogens with one attached hydrogen (secondary N) is 2. The molecular formula is C15H17BrN4O. The van der Waals surface area contributed by atoms with Crippen LogP contribution in [-0.4, -0.2) is 22.0 Å². The molecule has 0 radical (unpaired) electrons. The van der Waals surface area contributed by atoms with Crippen molar-refractivity contribution in [3.8, 4) is 0 Å². The number of rotatable bonds is 4. The molecule has 0 bridgehead atoms. The van der Waals surface area contributed by atoms with Crippen molar-refractivity contribution in [2.75, 3.05) is 11.9 Å². The van der Waals surface area contributed by atoms with E-state index in [1.165, 1.54) is 0 Å². The lowest BCUT2D eigenvalue weighted by Gasteiger charge is -2.24. The van der Waals surface area contributed by atoms with Gasteiger partial charge in [-0.25, -0.2) is 4.98 Å². The highest BCUT2D eigenvalue weighted by atomic mass is 79.9. The topological polar surface area (TPSA) is 59.0 Å². The first-order valence-electron chi connectivity index (χ1n) is 7.02. The predicted octanol–water partition coefficient (Wildman–Crippen LogP) is 2.71. The summed E-state index contributed by atoms with van der Waals surface area (Å²) < 4.78 is 3.09. The molecule has 2 heterocycles. The minimum atomic E-state index is -0.0446. The molecule has 0 saturated carbocycles. The summed E-state index contributed by atoms with van der Waals surface area (Å²) in [5.41, 5.74) is 0.793. The summed E-state index contributed by atoms with van der Waals surface area (Å²) in [4.78, 5) is 16.4. The molecule has 1 amide bonds. The van der Waals surface area contributed by atoms with Gasteiger partial charge >= 0.3 is 0 Å². The first-order valence-corrected chi connectivity index (χ1v) is 7.81. The van der Waals surface area contributed by atoms with Crippen molar-refractivity contribution in [1.82, 2.24) is 14.9 Å². The number of aryl methyl sites for hydroxylation is 1. The lowest BCUT2D eigenvalue weighted by Crippen LogP contribution is -2.34. The Kier molecular flexibility index (Phi) is 4.36. The van der Waals surface area contributed by atoms with Gasteiger partial charge in [0.25, 0.3) is 0 Å². The molecule has 3 rings (SSSR count). The van der Waals surface area contributed by atoms with Gasteiger partial charge in [0.1, 0.15) is 5.82 Å². The number of hydrogen-bond acceptors (Lipinski definition) is 3. The lowest BCUT2D eigenvalue weighted by molar-refractivity contribution is -0.115. The summed E-state index contributed by atoms with van der Waals surface area (Å²) in [7, 11) is 0. The summed E-state index contributed by atoms with van der Waals surface area (Å²) >= 11 is 3.39. The Labute approximate surface area is 131 Å². The smallest absolute Gasteiger partial charge is 0.238 e. The highest BCUT2D eigenvalue weighted by Crippen LogP contribution is 2.22. The van der Waals surface area contributed by atoms with E-state index in [0.29, 0.717) is 0 Å². The number of aromatic nitrogens is 2. The maximum atomic E-state index is 12.0. The Morgan fingerprint density at radius 1 is 1.48 bits per heavy atom. The number of amides is 1. The third-order valence-electron chi connectivity index (χ3n) is 3.57. The summed E-state index contributed by atoms with van der Waals surface area (Å²) in [6.07, 6.45) is 5.93. The SMILES string of the molecule is O=C(CNC1CCCn2ccnc21)Nc1cccc(Br)c1. The molecule has 1 aromatic carbocycles. The second kappa shape index (κ2) is 6.41. The maximum absolute atomic E-state index is 12.0. The van der Waals surface area contributed by atoms with Crippen molar-refractivity contribution in [2.24, 2.45) is 0 Å². The molecule has 21 heavy (non-hydrogen) atoms. The minimum Gasteiger partial charge on any atom is -0.334 e. The van der Waals surface area contributed by atoms with Crippen molar-refractivity contribution in [2.45, 2.75) is 25.4 Å². The summed E-state index contributed by atoms with van der Waals surface area (Å²) in [5.74, 6) is 0.980. The van der Waals surface area contributed by atoms with E-state index in [9.17, 15) is 4.79 Å². The minimum absolute atomic E-state index is 0.0446. The van der Waals surface area contributed by atoms with E-state index >= 15 is 0 Å². The Morgan fingerprint density at radius 2 is 2.38 bits per heavy atom. The third kappa shape index (κ3) is 3.51. The largest absolute Gasteiger partial charge is 0.334 e. The van der Waals surface area contributed by atoms with E-state index in [4.69, 9.17) is 0 Å². The van der Waals surface area contributed by atoms with Crippen LogP contribution in [0, 0.1) is 0 Å². The molecule has 1 aliphatic heterocycles.